The van der Waals surface area contributed by atoms with Gasteiger partial charge in [0.2, 0.25) is 0 Å². The van der Waals surface area contributed by atoms with Gasteiger partial charge in [-0.15, -0.1) is 11.3 Å². The van der Waals surface area contributed by atoms with Crippen LogP contribution < -0.4 is 4.90 Å². The summed E-state index contributed by atoms with van der Waals surface area (Å²) in [7, 11) is 0. The predicted octanol–water partition coefficient (Wildman–Crippen LogP) is 4.46. The fraction of sp³-hybridized carbons (Fsp3) is 0. The summed E-state index contributed by atoms with van der Waals surface area (Å²) in [5.74, 6) is -2.14. The standard InChI is InChI=1S/C22H12N2O4S/c25-20-15-10-7-13(22(27)28)11-16(15)21(26)24(20)14-8-5-12(6-9-14)19-23-17-3-1-2-4-18(17)29-19/h1-11H,(H,27,28). The van der Waals surface area contributed by atoms with Gasteiger partial charge >= 0.3 is 5.97 Å². The number of rotatable bonds is 3. The van der Waals surface area contributed by atoms with E-state index in [2.05, 4.69) is 4.98 Å². The number of anilines is 1. The topological polar surface area (TPSA) is 87.6 Å². The Bertz CT molecular complexity index is 1290. The van der Waals surface area contributed by atoms with E-state index in [1.54, 1.807) is 23.5 Å². The third-order valence-electron chi connectivity index (χ3n) is 4.80. The van der Waals surface area contributed by atoms with Crippen LogP contribution in [0.2, 0.25) is 0 Å². The van der Waals surface area contributed by atoms with Crippen LogP contribution in [0.25, 0.3) is 20.8 Å². The minimum absolute atomic E-state index is 0.0297. The van der Waals surface area contributed by atoms with Gasteiger partial charge in [0, 0.05) is 5.56 Å². The maximum Gasteiger partial charge on any atom is 0.335 e. The molecule has 0 aliphatic carbocycles. The van der Waals surface area contributed by atoms with E-state index in [4.69, 9.17) is 5.11 Å². The molecule has 3 aromatic carbocycles. The maximum atomic E-state index is 12.8. The summed E-state index contributed by atoms with van der Waals surface area (Å²) in [5.41, 5.74) is 2.52. The molecule has 5 rings (SSSR count). The van der Waals surface area contributed by atoms with Gasteiger partial charge in [-0.1, -0.05) is 12.1 Å². The third-order valence-corrected chi connectivity index (χ3v) is 5.89. The van der Waals surface area contributed by atoms with Crippen LogP contribution in [0, 0.1) is 0 Å². The molecule has 1 aromatic heterocycles. The Kier molecular flexibility index (Phi) is 3.78. The number of imide groups is 1. The zero-order valence-corrected chi connectivity index (χ0v) is 15.6. The van der Waals surface area contributed by atoms with Crippen LogP contribution in [-0.4, -0.2) is 27.9 Å². The molecule has 7 heteroatoms. The summed E-state index contributed by atoms with van der Waals surface area (Å²) >= 11 is 1.57. The van der Waals surface area contributed by atoms with Crippen molar-refractivity contribution >= 4 is 45.0 Å². The van der Waals surface area contributed by atoms with E-state index >= 15 is 0 Å². The zero-order valence-electron chi connectivity index (χ0n) is 14.8. The number of hydrogen-bond acceptors (Lipinski definition) is 5. The van der Waals surface area contributed by atoms with Crippen LogP contribution in [-0.2, 0) is 0 Å². The molecule has 29 heavy (non-hydrogen) atoms. The minimum atomic E-state index is -1.15. The highest BCUT2D eigenvalue weighted by Crippen LogP contribution is 2.33. The van der Waals surface area contributed by atoms with E-state index < -0.39 is 17.8 Å². The second-order valence-electron chi connectivity index (χ2n) is 6.54. The molecule has 2 amide bonds. The summed E-state index contributed by atoms with van der Waals surface area (Å²) in [6.45, 7) is 0. The van der Waals surface area contributed by atoms with Crippen LogP contribution in [0.15, 0.2) is 66.7 Å². The summed E-state index contributed by atoms with van der Waals surface area (Å²) in [6, 6.07) is 18.8. The smallest absolute Gasteiger partial charge is 0.335 e. The number of carbonyl (C=O) groups is 3. The summed E-state index contributed by atoms with van der Waals surface area (Å²) < 4.78 is 1.08. The first-order valence-electron chi connectivity index (χ1n) is 8.75. The normalized spacial score (nSPS) is 13.2. The highest BCUT2D eigenvalue weighted by atomic mass is 32.1. The molecule has 0 bridgehead atoms. The lowest BCUT2D eigenvalue weighted by Crippen LogP contribution is -2.29. The Morgan fingerprint density at radius 3 is 2.34 bits per heavy atom. The molecule has 4 aromatic rings. The summed E-state index contributed by atoms with van der Waals surface area (Å²) in [6.07, 6.45) is 0. The molecule has 0 atom stereocenters. The Balaban J connectivity index is 1.49. The van der Waals surface area contributed by atoms with Gasteiger partial charge in [-0.05, 0) is 54.6 Å². The van der Waals surface area contributed by atoms with Crippen molar-refractivity contribution in [3.63, 3.8) is 0 Å². The number of carboxylic acid groups (broad SMARTS) is 1. The van der Waals surface area contributed by atoms with E-state index in [0.717, 1.165) is 25.7 Å². The van der Waals surface area contributed by atoms with E-state index in [1.807, 2.05) is 36.4 Å². The molecule has 1 aliphatic heterocycles. The number of aromatic nitrogens is 1. The number of amides is 2. The van der Waals surface area contributed by atoms with E-state index in [-0.39, 0.29) is 16.7 Å². The molecular formula is C22H12N2O4S. The average Bonchev–Trinajstić information content (AvgIpc) is 3.27. The molecule has 140 valence electrons. The number of benzene rings is 3. The van der Waals surface area contributed by atoms with Gasteiger partial charge in [0.1, 0.15) is 5.01 Å². The number of carboxylic acids is 1. The maximum absolute atomic E-state index is 12.8. The summed E-state index contributed by atoms with van der Waals surface area (Å²) in [4.78, 5) is 42.3. The first-order valence-corrected chi connectivity index (χ1v) is 9.57. The van der Waals surface area contributed by atoms with Crippen LogP contribution >= 0.6 is 11.3 Å². The van der Waals surface area contributed by atoms with Crippen LogP contribution in [0.3, 0.4) is 0 Å². The van der Waals surface area contributed by atoms with Gasteiger partial charge < -0.3 is 5.11 Å². The number of thiazole rings is 1. The fourth-order valence-electron chi connectivity index (χ4n) is 3.36. The first kappa shape index (κ1) is 17.3. The van der Waals surface area contributed by atoms with Crippen molar-refractivity contribution in [3.05, 3.63) is 83.4 Å². The number of para-hydroxylation sites is 1. The van der Waals surface area contributed by atoms with Crippen LogP contribution in [0.1, 0.15) is 31.1 Å². The molecule has 0 spiro atoms. The van der Waals surface area contributed by atoms with Crippen molar-refractivity contribution in [1.29, 1.82) is 0 Å². The molecule has 0 radical (unpaired) electrons. The lowest BCUT2D eigenvalue weighted by Gasteiger charge is -2.14. The quantitative estimate of drug-likeness (QED) is 0.513. The Morgan fingerprint density at radius 2 is 1.62 bits per heavy atom. The molecule has 0 unspecified atom stereocenters. The molecule has 0 saturated heterocycles. The monoisotopic (exact) mass is 400 g/mol. The molecule has 6 nitrogen and oxygen atoms in total. The number of carbonyl (C=O) groups excluding carboxylic acids is 2. The highest BCUT2D eigenvalue weighted by molar-refractivity contribution is 7.21. The summed E-state index contributed by atoms with van der Waals surface area (Å²) in [5, 5.41) is 9.98. The van der Waals surface area contributed by atoms with Gasteiger partial charge in [0.05, 0.1) is 32.6 Å². The molecule has 1 aliphatic rings. The van der Waals surface area contributed by atoms with Crippen molar-refractivity contribution < 1.29 is 19.5 Å². The lowest BCUT2D eigenvalue weighted by atomic mass is 10.1. The Labute approximate surface area is 168 Å². The second-order valence-corrected chi connectivity index (χ2v) is 7.58. The largest absolute Gasteiger partial charge is 0.478 e. The number of aromatic carboxylic acids is 1. The first-order chi connectivity index (χ1) is 14.0. The SMILES string of the molecule is O=C(O)c1ccc2c(c1)C(=O)N(c1ccc(-c3nc4ccccc4s3)cc1)C2=O. The second kappa shape index (κ2) is 6.35. The van der Waals surface area contributed by atoms with Crippen molar-refractivity contribution in [3.8, 4) is 10.6 Å². The third kappa shape index (κ3) is 2.71. The average molecular weight is 400 g/mol. The number of nitrogens with zero attached hydrogens (tertiary/aromatic N) is 2. The van der Waals surface area contributed by atoms with Crippen LogP contribution in [0.4, 0.5) is 5.69 Å². The van der Waals surface area contributed by atoms with E-state index in [9.17, 15) is 14.4 Å². The highest BCUT2D eigenvalue weighted by Gasteiger charge is 2.37. The van der Waals surface area contributed by atoms with Gasteiger partial charge in [0.15, 0.2) is 0 Å². The van der Waals surface area contributed by atoms with E-state index in [0.29, 0.717) is 5.69 Å². The number of fused-ring (bicyclic) bond motifs is 2. The van der Waals surface area contributed by atoms with Gasteiger partial charge in [-0.3, -0.25) is 9.59 Å². The molecule has 2 heterocycles. The van der Waals surface area contributed by atoms with Crippen molar-refractivity contribution in [2.45, 2.75) is 0 Å². The van der Waals surface area contributed by atoms with Crippen molar-refractivity contribution in [2.75, 3.05) is 4.90 Å². The van der Waals surface area contributed by atoms with Gasteiger partial charge in [-0.2, -0.15) is 0 Å². The van der Waals surface area contributed by atoms with Crippen molar-refractivity contribution in [2.24, 2.45) is 0 Å². The number of hydrogen-bond donors (Lipinski definition) is 1. The van der Waals surface area contributed by atoms with Gasteiger partial charge in [0.25, 0.3) is 11.8 Å². The van der Waals surface area contributed by atoms with Gasteiger partial charge in [-0.25, -0.2) is 14.7 Å². The zero-order chi connectivity index (χ0) is 20.1. The van der Waals surface area contributed by atoms with Crippen LogP contribution in [0.5, 0.6) is 0 Å². The lowest BCUT2D eigenvalue weighted by molar-refractivity contribution is 0.0696. The Morgan fingerprint density at radius 1 is 0.897 bits per heavy atom. The van der Waals surface area contributed by atoms with Crippen molar-refractivity contribution in [1.82, 2.24) is 4.98 Å². The fourth-order valence-corrected chi connectivity index (χ4v) is 4.33. The Hall–Kier alpha value is -3.84. The molecule has 0 saturated carbocycles. The van der Waals surface area contributed by atoms with E-state index in [1.165, 1.54) is 18.2 Å². The molecular weight excluding hydrogens is 388 g/mol. The predicted molar refractivity (Wildman–Crippen MR) is 110 cm³/mol. The molecule has 1 N–H and O–H groups in total. The molecule has 0 fully saturated rings. The minimum Gasteiger partial charge on any atom is -0.478 e.